The van der Waals surface area contributed by atoms with Gasteiger partial charge in [-0.05, 0) is 42.2 Å². The first-order valence-corrected chi connectivity index (χ1v) is 11.5. The second-order valence-corrected chi connectivity index (χ2v) is 9.58. The lowest BCUT2D eigenvalue weighted by molar-refractivity contribution is -0.138. The van der Waals surface area contributed by atoms with Crippen molar-refractivity contribution in [3.05, 3.63) is 65.4 Å². The molecule has 2 atom stereocenters. The van der Waals surface area contributed by atoms with E-state index in [9.17, 15) is 23.1 Å². The Morgan fingerprint density at radius 3 is 2.77 bits per heavy atom. The molecule has 2 N–H and O–H groups in total. The standard InChI is InChI=1S/C26H25F3N4O2/c27-26(28,29)22-10-20(6-5-17(22)11-30)33-13-19-7-8-32(14-25(19,15-33)16-34)24(35)9-18-12-31-23-4-2-1-3-21(18)23/h1-6,10,12,19,31,34H,7-9,13-16H2/t19-,25+/m0/s1. The van der Waals surface area contributed by atoms with Crippen LogP contribution < -0.4 is 4.90 Å². The third-order valence-corrected chi connectivity index (χ3v) is 7.54. The van der Waals surface area contributed by atoms with Gasteiger partial charge in [0.25, 0.3) is 0 Å². The van der Waals surface area contributed by atoms with E-state index < -0.39 is 22.7 Å². The number of aliphatic hydroxyl groups is 1. The van der Waals surface area contributed by atoms with Gasteiger partial charge in [-0.1, -0.05) is 18.2 Å². The SMILES string of the molecule is N#Cc1ccc(N2C[C@@H]3CCN(C(=O)Cc4c[nH]c5ccccc45)C[C@]3(CO)C2)cc1C(F)(F)F. The van der Waals surface area contributed by atoms with E-state index in [-0.39, 0.29) is 24.9 Å². The number of aliphatic hydroxyl groups excluding tert-OH is 1. The van der Waals surface area contributed by atoms with E-state index >= 15 is 0 Å². The molecule has 3 aromatic rings. The highest BCUT2D eigenvalue weighted by molar-refractivity contribution is 5.89. The van der Waals surface area contributed by atoms with Crippen molar-refractivity contribution >= 4 is 22.5 Å². The van der Waals surface area contributed by atoms with E-state index in [1.54, 1.807) is 11.0 Å². The number of anilines is 1. The monoisotopic (exact) mass is 482 g/mol. The van der Waals surface area contributed by atoms with E-state index in [0.717, 1.165) is 22.5 Å². The molecule has 3 heterocycles. The Labute approximate surface area is 200 Å². The van der Waals surface area contributed by atoms with Crippen LogP contribution in [0.25, 0.3) is 10.9 Å². The molecule has 0 unspecified atom stereocenters. The smallest absolute Gasteiger partial charge is 0.396 e. The van der Waals surface area contributed by atoms with E-state index in [1.165, 1.54) is 12.1 Å². The number of hydrogen-bond acceptors (Lipinski definition) is 4. The number of amides is 1. The molecule has 0 spiro atoms. The van der Waals surface area contributed by atoms with Gasteiger partial charge in [0.05, 0.1) is 30.2 Å². The molecule has 9 heteroatoms. The summed E-state index contributed by atoms with van der Waals surface area (Å²) in [5.74, 6) is 0.0202. The minimum Gasteiger partial charge on any atom is -0.396 e. The van der Waals surface area contributed by atoms with E-state index in [0.29, 0.717) is 38.3 Å². The minimum atomic E-state index is -4.63. The van der Waals surface area contributed by atoms with Crippen LogP contribution in [0.15, 0.2) is 48.7 Å². The molecule has 2 aromatic carbocycles. The lowest BCUT2D eigenvalue weighted by Crippen LogP contribution is -2.53. The number of halogens is 3. The van der Waals surface area contributed by atoms with Gasteiger partial charge in [0.1, 0.15) is 0 Å². The maximum Gasteiger partial charge on any atom is 0.417 e. The molecule has 0 aliphatic carbocycles. The Morgan fingerprint density at radius 2 is 2.03 bits per heavy atom. The molecule has 182 valence electrons. The predicted octanol–water partition coefficient (Wildman–Crippen LogP) is 3.95. The molecule has 0 bridgehead atoms. The van der Waals surface area contributed by atoms with Gasteiger partial charge in [-0.15, -0.1) is 0 Å². The number of nitrogens with zero attached hydrogens (tertiary/aromatic N) is 3. The van der Waals surface area contributed by atoms with Crippen molar-refractivity contribution in [1.29, 1.82) is 5.26 Å². The molecule has 35 heavy (non-hydrogen) atoms. The number of nitriles is 1. The molecule has 1 aromatic heterocycles. The highest BCUT2D eigenvalue weighted by Gasteiger charge is 2.50. The normalized spacial score (nSPS) is 22.3. The van der Waals surface area contributed by atoms with Crippen LogP contribution in [0, 0.1) is 22.7 Å². The second kappa shape index (κ2) is 8.61. The lowest BCUT2D eigenvalue weighted by atomic mass is 9.74. The topological polar surface area (TPSA) is 83.4 Å². The van der Waals surface area contributed by atoms with Crippen molar-refractivity contribution < 1.29 is 23.1 Å². The number of alkyl halides is 3. The highest BCUT2D eigenvalue weighted by Crippen LogP contribution is 2.44. The molecule has 2 aliphatic heterocycles. The average molecular weight is 483 g/mol. The first-order valence-electron chi connectivity index (χ1n) is 11.5. The Hall–Kier alpha value is -3.51. The van der Waals surface area contributed by atoms with Gasteiger partial charge in [-0.2, -0.15) is 18.4 Å². The number of benzene rings is 2. The summed E-state index contributed by atoms with van der Waals surface area (Å²) >= 11 is 0. The van der Waals surface area contributed by atoms with Crippen LogP contribution in [0.1, 0.15) is 23.1 Å². The molecule has 2 aliphatic rings. The maximum atomic E-state index is 13.5. The van der Waals surface area contributed by atoms with Gasteiger partial charge in [0.2, 0.25) is 5.91 Å². The van der Waals surface area contributed by atoms with Crippen molar-refractivity contribution in [1.82, 2.24) is 9.88 Å². The van der Waals surface area contributed by atoms with E-state index in [4.69, 9.17) is 5.26 Å². The average Bonchev–Trinajstić information content (AvgIpc) is 3.44. The summed E-state index contributed by atoms with van der Waals surface area (Å²) in [5, 5.41) is 20.5. The van der Waals surface area contributed by atoms with Crippen molar-refractivity contribution in [2.45, 2.75) is 19.0 Å². The number of carbonyl (C=O) groups excluding carboxylic acids is 1. The molecule has 2 saturated heterocycles. The zero-order valence-corrected chi connectivity index (χ0v) is 19.0. The third kappa shape index (κ3) is 4.12. The maximum absolute atomic E-state index is 13.5. The number of H-pyrrole nitrogens is 1. The number of rotatable bonds is 4. The van der Waals surface area contributed by atoms with Crippen LogP contribution in [-0.4, -0.2) is 53.7 Å². The van der Waals surface area contributed by atoms with Crippen molar-refractivity contribution in [3.63, 3.8) is 0 Å². The number of hydrogen-bond donors (Lipinski definition) is 2. The lowest BCUT2D eigenvalue weighted by Gasteiger charge is -2.43. The number of fused-ring (bicyclic) bond motifs is 2. The Balaban J connectivity index is 1.35. The minimum absolute atomic E-state index is 0.0304. The van der Waals surface area contributed by atoms with Gasteiger partial charge in [-0.3, -0.25) is 4.79 Å². The zero-order chi connectivity index (χ0) is 24.8. The fraction of sp³-hybridized carbons (Fsp3) is 0.385. The van der Waals surface area contributed by atoms with Crippen LogP contribution in [0.4, 0.5) is 18.9 Å². The molecule has 0 saturated carbocycles. The Bertz CT molecular complexity index is 1310. The largest absolute Gasteiger partial charge is 0.417 e. The fourth-order valence-electron chi connectivity index (χ4n) is 5.63. The second-order valence-electron chi connectivity index (χ2n) is 9.58. The first-order chi connectivity index (χ1) is 16.7. The quantitative estimate of drug-likeness (QED) is 0.590. The summed E-state index contributed by atoms with van der Waals surface area (Å²) in [6.45, 7) is 1.58. The van der Waals surface area contributed by atoms with Crippen LogP contribution in [0.3, 0.4) is 0 Å². The van der Waals surface area contributed by atoms with Crippen LogP contribution in [-0.2, 0) is 17.4 Å². The summed E-state index contributed by atoms with van der Waals surface area (Å²) in [7, 11) is 0. The number of aromatic amines is 1. The Kier molecular flexibility index (Phi) is 5.72. The van der Waals surface area contributed by atoms with Crippen LogP contribution in [0.2, 0.25) is 0 Å². The fourth-order valence-corrected chi connectivity index (χ4v) is 5.63. The number of piperidine rings is 1. The Morgan fingerprint density at radius 1 is 1.23 bits per heavy atom. The first kappa shape index (κ1) is 23.2. The van der Waals surface area contributed by atoms with Crippen LogP contribution in [0.5, 0.6) is 0 Å². The van der Waals surface area contributed by atoms with Crippen molar-refractivity contribution in [2.24, 2.45) is 11.3 Å². The number of carbonyl (C=O) groups is 1. The molecular formula is C26H25F3N4O2. The molecule has 0 radical (unpaired) electrons. The molecule has 6 nitrogen and oxygen atoms in total. The number of aromatic nitrogens is 1. The van der Waals surface area contributed by atoms with Crippen molar-refractivity contribution in [2.75, 3.05) is 37.7 Å². The highest BCUT2D eigenvalue weighted by atomic mass is 19.4. The van der Waals surface area contributed by atoms with Crippen molar-refractivity contribution in [3.8, 4) is 6.07 Å². The third-order valence-electron chi connectivity index (χ3n) is 7.54. The molecule has 2 fully saturated rings. The van der Waals surface area contributed by atoms with E-state index in [1.807, 2.05) is 35.4 Å². The molecule has 1 amide bonds. The molecular weight excluding hydrogens is 457 g/mol. The summed E-state index contributed by atoms with van der Waals surface area (Å²) in [6.07, 6.45) is -1.88. The summed E-state index contributed by atoms with van der Waals surface area (Å²) in [4.78, 5) is 20.0. The number of nitrogens with one attached hydrogen (secondary N) is 1. The number of para-hydroxylation sites is 1. The van der Waals surface area contributed by atoms with E-state index in [2.05, 4.69) is 4.98 Å². The summed E-state index contributed by atoms with van der Waals surface area (Å²) in [6, 6.07) is 13.1. The number of likely N-dealkylation sites (tertiary alicyclic amines) is 1. The summed E-state index contributed by atoms with van der Waals surface area (Å²) in [5.41, 5.74) is 0.268. The zero-order valence-electron chi connectivity index (χ0n) is 19.0. The van der Waals surface area contributed by atoms with Crippen LogP contribution >= 0.6 is 0 Å². The van der Waals surface area contributed by atoms with Gasteiger partial charge >= 0.3 is 6.18 Å². The summed E-state index contributed by atoms with van der Waals surface area (Å²) < 4.78 is 40.4. The van der Waals surface area contributed by atoms with Gasteiger partial charge in [0.15, 0.2) is 0 Å². The predicted molar refractivity (Wildman–Crippen MR) is 125 cm³/mol. The van der Waals surface area contributed by atoms with Gasteiger partial charge in [0, 0.05) is 54.4 Å². The molecule has 5 rings (SSSR count). The van der Waals surface area contributed by atoms with Gasteiger partial charge in [-0.25, -0.2) is 0 Å². The van der Waals surface area contributed by atoms with Gasteiger partial charge < -0.3 is 19.9 Å².